The first-order chi connectivity index (χ1) is 8.93. The van der Waals surface area contributed by atoms with Crippen LogP contribution in [-0.2, 0) is 10.0 Å². The fourth-order valence-corrected chi connectivity index (χ4v) is 2.78. The molecule has 0 saturated heterocycles. The van der Waals surface area contributed by atoms with Crippen LogP contribution < -0.4 is 4.31 Å². The van der Waals surface area contributed by atoms with Crippen molar-refractivity contribution < 1.29 is 17.2 Å². The number of para-hydroxylation sites is 1. The van der Waals surface area contributed by atoms with E-state index in [2.05, 4.69) is 0 Å². The van der Waals surface area contributed by atoms with Crippen molar-refractivity contribution in [1.82, 2.24) is 0 Å². The van der Waals surface area contributed by atoms with Gasteiger partial charge >= 0.3 is 0 Å². The molecule has 6 heteroatoms. The Morgan fingerprint density at radius 2 is 1.58 bits per heavy atom. The number of nitrogens with zero attached hydrogens (tertiary/aromatic N) is 1. The van der Waals surface area contributed by atoms with Gasteiger partial charge in [-0.2, -0.15) is 0 Å². The van der Waals surface area contributed by atoms with Crippen LogP contribution in [0.15, 0.2) is 53.4 Å². The van der Waals surface area contributed by atoms with Crippen molar-refractivity contribution in [3.05, 3.63) is 60.2 Å². The normalized spacial score (nSPS) is 11.3. The smallest absolute Gasteiger partial charge is 0.264 e. The van der Waals surface area contributed by atoms with Crippen LogP contribution in [0.5, 0.6) is 0 Å². The van der Waals surface area contributed by atoms with E-state index in [0.717, 1.165) is 16.4 Å². The second-order valence-electron chi connectivity index (χ2n) is 3.88. The zero-order valence-corrected chi connectivity index (χ0v) is 10.9. The third-order valence-corrected chi connectivity index (χ3v) is 4.45. The Morgan fingerprint density at radius 3 is 2.16 bits per heavy atom. The van der Waals surface area contributed by atoms with Crippen LogP contribution in [0, 0.1) is 11.6 Å². The zero-order chi connectivity index (χ0) is 14.0. The topological polar surface area (TPSA) is 37.4 Å². The highest BCUT2D eigenvalue weighted by molar-refractivity contribution is 7.92. The molecule has 2 aromatic rings. The molecule has 0 spiro atoms. The van der Waals surface area contributed by atoms with Crippen LogP contribution in [0.3, 0.4) is 0 Å². The molecule has 100 valence electrons. The molecule has 0 bridgehead atoms. The highest BCUT2D eigenvalue weighted by Crippen LogP contribution is 2.22. The van der Waals surface area contributed by atoms with Gasteiger partial charge in [0.05, 0.1) is 10.6 Å². The van der Waals surface area contributed by atoms with Gasteiger partial charge in [-0.3, -0.25) is 4.31 Å². The van der Waals surface area contributed by atoms with Crippen LogP contribution in [0.2, 0.25) is 0 Å². The van der Waals surface area contributed by atoms with Crippen LogP contribution in [0.1, 0.15) is 0 Å². The summed E-state index contributed by atoms with van der Waals surface area (Å²) in [6.45, 7) is 0. The number of sulfonamides is 1. The van der Waals surface area contributed by atoms with Gasteiger partial charge in [-0.1, -0.05) is 18.2 Å². The molecule has 0 aliphatic heterocycles. The van der Waals surface area contributed by atoms with E-state index in [9.17, 15) is 17.2 Å². The Balaban J connectivity index is 2.45. The molecule has 0 aromatic heterocycles. The van der Waals surface area contributed by atoms with E-state index in [1.54, 1.807) is 30.3 Å². The molecular weight excluding hydrogens is 272 g/mol. The predicted molar refractivity (Wildman–Crippen MR) is 68.4 cm³/mol. The lowest BCUT2D eigenvalue weighted by atomic mass is 10.3. The minimum absolute atomic E-state index is 0.294. The van der Waals surface area contributed by atoms with Gasteiger partial charge in [-0.05, 0) is 30.3 Å². The summed E-state index contributed by atoms with van der Waals surface area (Å²) in [6.07, 6.45) is 0. The Hall–Kier alpha value is -1.95. The SMILES string of the molecule is CN(c1ccccc1)S(=O)(=O)c1ccc(F)c(F)c1. The molecule has 0 fully saturated rings. The Morgan fingerprint density at radius 1 is 0.947 bits per heavy atom. The van der Waals surface area contributed by atoms with Gasteiger partial charge in [0.25, 0.3) is 10.0 Å². The maximum absolute atomic E-state index is 13.1. The van der Waals surface area contributed by atoms with Crippen molar-refractivity contribution in [2.75, 3.05) is 11.4 Å². The molecule has 0 aliphatic carbocycles. The summed E-state index contributed by atoms with van der Waals surface area (Å²) in [4.78, 5) is -0.294. The first-order valence-corrected chi connectivity index (χ1v) is 6.86. The van der Waals surface area contributed by atoms with E-state index in [0.29, 0.717) is 11.8 Å². The van der Waals surface area contributed by atoms with Crippen molar-refractivity contribution in [2.45, 2.75) is 4.90 Å². The van der Waals surface area contributed by atoms with E-state index in [4.69, 9.17) is 0 Å². The van der Waals surface area contributed by atoms with E-state index >= 15 is 0 Å². The summed E-state index contributed by atoms with van der Waals surface area (Å²) < 4.78 is 51.4. The van der Waals surface area contributed by atoms with Gasteiger partial charge in [0, 0.05) is 7.05 Å². The third-order valence-electron chi connectivity index (χ3n) is 2.67. The summed E-state index contributed by atoms with van der Waals surface area (Å²) in [7, 11) is -2.55. The first kappa shape index (κ1) is 13.5. The van der Waals surface area contributed by atoms with E-state index in [1.807, 2.05) is 0 Å². The molecule has 0 N–H and O–H groups in total. The maximum Gasteiger partial charge on any atom is 0.264 e. The quantitative estimate of drug-likeness (QED) is 0.868. The molecule has 0 atom stereocenters. The number of hydrogen-bond donors (Lipinski definition) is 0. The lowest BCUT2D eigenvalue weighted by molar-refractivity contribution is 0.504. The van der Waals surface area contributed by atoms with E-state index in [1.165, 1.54) is 7.05 Å². The van der Waals surface area contributed by atoms with Crippen LogP contribution >= 0.6 is 0 Å². The fourth-order valence-electron chi connectivity index (χ4n) is 1.57. The van der Waals surface area contributed by atoms with Crippen molar-refractivity contribution in [3.8, 4) is 0 Å². The van der Waals surface area contributed by atoms with Gasteiger partial charge in [0.1, 0.15) is 0 Å². The largest absolute Gasteiger partial charge is 0.269 e. The second kappa shape index (κ2) is 4.97. The summed E-state index contributed by atoms with van der Waals surface area (Å²) in [6, 6.07) is 10.8. The predicted octanol–water partition coefficient (Wildman–Crippen LogP) is 2.79. The van der Waals surface area contributed by atoms with Crippen LogP contribution in [0.4, 0.5) is 14.5 Å². The standard InChI is InChI=1S/C13H11F2NO2S/c1-16(10-5-3-2-4-6-10)19(17,18)11-7-8-12(14)13(15)9-11/h2-9H,1H3. The summed E-state index contributed by atoms with van der Waals surface area (Å²) >= 11 is 0. The maximum atomic E-state index is 13.1. The molecular formula is C13H11F2NO2S. The van der Waals surface area contributed by atoms with Gasteiger partial charge in [0.2, 0.25) is 0 Å². The molecule has 0 radical (unpaired) electrons. The highest BCUT2D eigenvalue weighted by atomic mass is 32.2. The van der Waals surface area contributed by atoms with Gasteiger partial charge in [0.15, 0.2) is 11.6 Å². The number of anilines is 1. The number of rotatable bonds is 3. The highest BCUT2D eigenvalue weighted by Gasteiger charge is 2.22. The molecule has 2 aromatic carbocycles. The summed E-state index contributed by atoms with van der Waals surface area (Å²) in [5.41, 5.74) is 0.437. The Labute approximate surface area is 110 Å². The Bertz CT molecular complexity index is 687. The van der Waals surface area contributed by atoms with E-state index < -0.39 is 21.7 Å². The van der Waals surface area contributed by atoms with Crippen molar-refractivity contribution in [1.29, 1.82) is 0 Å². The summed E-state index contributed by atoms with van der Waals surface area (Å²) in [5, 5.41) is 0. The third kappa shape index (κ3) is 2.58. The molecule has 2 rings (SSSR count). The van der Waals surface area contributed by atoms with Gasteiger partial charge < -0.3 is 0 Å². The molecule has 0 saturated carbocycles. The minimum atomic E-state index is -3.90. The number of halogens is 2. The number of benzene rings is 2. The van der Waals surface area contributed by atoms with E-state index in [-0.39, 0.29) is 4.90 Å². The van der Waals surface area contributed by atoms with Crippen LogP contribution in [-0.4, -0.2) is 15.5 Å². The number of hydrogen-bond acceptors (Lipinski definition) is 2. The minimum Gasteiger partial charge on any atom is -0.269 e. The Kier molecular flexibility index (Phi) is 3.53. The van der Waals surface area contributed by atoms with Gasteiger partial charge in [-0.25, -0.2) is 17.2 Å². The monoisotopic (exact) mass is 283 g/mol. The molecule has 0 amide bonds. The van der Waals surface area contributed by atoms with Crippen molar-refractivity contribution in [2.24, 2.45) is 0 Å². The lowest BCUT2D eigenvalue weighted by Crippen LogP contribution is -2.26. The molecule has 0 unspecified atom stereocenters. The summed E-state index contributed by atoms with van der Waals surface area (Å²) in [5.74, 6) is -2.27. The second-order valence-corrected chi connectivity index (χ2v) is 5.85. The van der Waals surface area contributed by atoms with Crippen molar-refractivity contribution in [3.63, 3.8) is 0 Å². The molecule has 0 heterocycles. The fraction of sp³-hybridized carbons (Fsp3) is 0.0769. The average Bonchev–Trinajstić information content (AvgIpc) is 2.41. The zero-order valence-electron chi connectivity index (χ0n) is 10.0. The lowest BCUT2D eigenvalue weighted by Gasteiger charge is -2.19. The van der Waals surface area contributed by atoms with Crippen LogP contribution in [0.25, 0.3) is 0 Å². The molecule has 3 nitrogen and oxygen atoms in total. The first-order valence-electron chi connectivity index (χ1n) is 5.42. The molecule has 0 aliphatic rings. The van der Waals surface area contributed by atoms with Crippen molar-refractivity contribution >= 4 is 15.7 Å². The molecule has 19 heavy (non-hydrogen) atoms. The van der Waals surface area contributed by atoms with Gasteiger partial charge in [-0.15, -0.1) is 0 Å². The average molecular weight is 283 g/mol.